The van der Waals surface area contributed by atoms with Gasteiger partial charge in [0.2, 0.25) is 0 Å². The maximum atomic E-state index is 5.75. The molecule has 130 valence electrons. The van der Waals surface area contributed by atoms with Gasteiger partial charge in [-0.15, -0.1) is 24.0 Å². The van der Waals surface area contributed by atoms with Crippen LogP contribution in [0, 0.1) is 0 Å². The van der Waals surface area contributed by atoms with Crippen LogP contribution in [0.5, 0.6) is 0 Å². The maximum Gasteiger partial charge on any atom is 0.191 e. The third kappa shape index (κ3) is 7.00. The molecule has 1 aliphatic heterocycles. The summed E-state index contributed by atoms with van der Waals surface area (Å²) in [6.07, 6.45) is 5.25. The summed E-state index contributed by atoms with van der Waals surface area (Å²) >= 11 is 0. The van der Waals surface area contributed by atoms with Crippen molar-refractivity contribution in [1.29, 1.82) is 0 Å². The third-order valence-corrected chi connectivity index (χ3v) is 4.23. The Bertz CT molecular complexity index is 343. The first-order chi connectivity index (χ1) is 10.1. The van der Waals surface area contributed by atoms with Gasteiger partial charge in [0, 0.05) is 32.2 Å². The van der Waals surface area contributed by atoms with Crippen molar-refractivity contribution >= 4 is 29.9 Å². The van der Waals surface area contributed by atoms with Gasteiger partial charge in [0.15, 0.2) is 5.96 Å². The predicted molar refractivity (Wildman–Crippen MR) is 103 cm³/mol. The van der Waals surface area contributed by atoms with Crippen LogP contribution < -0.4 is 10.6 Å². The zero-order valence-electron chi connectivity index (χ0n) is 14.4. The fraction of sp³-hybridized carbons (Fsp3) is 0.938. The number of hydrogen-bond donors (Lipinski definition) is 2. The number of ether oxygens (including phenoxy) is 1. The smallest absolute Gasteiger partial charge is 0.191 e. The number of halogens is 1. The van der Waals surface area contributed by atoms with E-state index in [0.29, 0.717) is 6.04 Å². The number of hydrogen-bond acceptors (Lipinski definition) is 3. The molecule has 0 amide bonds. The lowest BCUT2D eigenvalue weighted by molar-refractivity contribution is -0.0850. The zero-order chi connectivity index (χ0) is 15.1. The Morgan fingerprint density at radius 1 is 1.32 bits per heavy atom. The first-order valence-corrected chi connectivity index (χ1v) is 8.50. The number of guanidine groups is 1. The van der Waals surface area contributed by atoms with Crippen molar-refractivity contribution in [1.82, 2.24) is 15.5 Å². The molecule has 2 aliphatic rings. The van der Waals surface area contributed by atoms with Gasteiger partial charge in [-0.3, -0.25) is 9.89 Å². The summed E-state index contributed by atoms with van der Waals surface area (Å²) in [5.74, 6) is 0.983. The zero-order valence-corrected chi connectivity index (χ0v) is 16.7. The molecule has 1 saturated carbocycles. The number of morpholine rings is 1. The first-order valence-electron chi connectivity index (χ1n) is 8.50. The van der Waals surface area contributed by atoms with E-state index in [0.717, 1.165) is 45.3 Å². The Labute approximate surface area is 152 Å². The SMILES string of the molecule is CCNC(=NCCN1CCOC(C)(C)C1)NC1CCCC1.I. The van der Waals surface area contributed by atoms with E-state index in [1.165, 1.54) is 25.7 Å². The summed E-state index contributed by atoms with van der Waals surface area (Å²) in [5.41, 5.74) is -0.0193. The Kier molecular flexibility index (Phi) is 9.01. The van der Waals surface area contributed by atoms with E-state index in [1.54, 1.807) is 0 Å². The van der Waals surface area contributed by atoms with E-state index in [1.807, 2.05) is 0 Å². The van der Waals surface area contributed by atoms with E-state index in [2.05, 4.69) is 36.3 Å². The van der Waals surface area contributed by atoms with Gasteiger partial charge in [-0.05, 0) is 33.6 Å². The lowest BCUT2D eigenvalue weighted by Crippen LogP contribution is -2.49. The normalized spacial score (nSPS) is 23.1. The summed E-state index contributed by atoms with van der Waals surface area (Å²) in [4.78, 5) is 7.18. The van der Waals surface area contributed by atoms with Crippen molar-refractivity contribution in [2.75, 3.05) is 39.3 Å². The molecular formula is C16H33IN4O. The largest absolute Gasteiger partial charge is 0.373 e. The van der Waals surface area contributed by atoms with Gasteiger partial charge < -0.3 is 15.4 Å². The summed E-state index contributed by atoms with van der Waals surface area (Å²) in [7, 11) is 0. The van der Waals surface area contributed by atoms with Gasteiger partial charge >= 0.3 is 0 Å². The molecule has 22 heavy (non-hydrogen) atoms. The number of nitrogens with zero attached hydrogens (tertiary/aromatic N) is 2. The second kappa shape index (κ2) is 9.93. The maximum absolute atomic E-state index is 5.75. The lowest BCUT2D eigenvalue weighted by Gasteiger charge is -2.37. The van der Waals surface area contributed by atoms with Crippen LogP contribution in [0.15, 0.2) is 4.99 Å². The number of rotatable bonds is 5. The molecule has 0 atom stereocenters. The first kappa shape index (κ1) is 20.0. The highest BCUT2D eigenvalue weighted by Gasteiger charge is 2.26. The molecule has 0 bridgehead atoms. The van der Waals surface area contributed by atoms with Crippen LogP contribution in [-0.2, 0) is 4.74 Å². The van der Waals surface area contributed by atoms with Gasteiger partial charge in [-0.25, -0.2) is 0 Å². The molecule has 0 radical (unpaired) electrons. The molecule has 0 spiro atoms. The minimum absolute atomic E-state index is 0. The van der Waals surface area contributed by atoms with Gasteiger partial charge in [0.1, 0.15) is 0 Å². The van der Waals surface area contributed by atoms with E-state index in [4.69, 9.17) is 9.73 Å². The molecule has 0 aromatic heterocycles. The molecule has 6 heteroatoms. The van der Waals surface area contributed by atoms with Crippen LogP contribution in [-0.4, -0.2) is 61.8 Å². The van der Waals surface area contributed by atoms with Gasteiger partial charge in [-0.2, -0.15) is 0 Å². The minimum Gasteiger partial charge on any atom is -0.373 e. The third-order valence-electron chi connectivity index (χ3n) is 4.23. The Hall–Kier alpha value is -0.0800. The van der Waals surface area contributed by atoms with Crippen molar-refractivity contribution < 1.29 is 4.74 Å². The Balaban J connectivity index is 0.00000242. The fourth-order valence-electron chi connectivity index (χ4n) is 3.19. The molecule has 2 fully saturated rings. The number of aliphatic imine (C=N–C) groups is 1. The molecule has 1 aliphatic carbocycles. The molecule has 2 rings (SSSR count). The standard InChI is InChI=1S/C16H32N4O.HI/c1-4-17-15(19-14-7-5-6-8-14)18-9-10-20-11-12-21-16(2,3)13-20;/h14H,4-13H2,1-3H3,(H2,17,18,19);1H. The summed E-state index contributed by atoms with van der Waals surface area (Å²) in [5, 5.41) is 6.93. The fourth-order valence-corrected chi connectivity index (χ4v) is 3.19. The van der Waals surface area contributed by atoms with Crippen LogP contribution in [0.2, 0.25) is 0 Å². The van der Waals surface area contributed by atoms with Crippen LogP contribution in [0.1, 0.15) is 46.5 Å². The quantitative estimate of drug-likeness (QED) is 0.404. The Morgan fingerprint density at radius 2 is 2.05 bits per heavy atom. The van der Waals surface area contributed by atoms with Crippen molar-refractivity contribution in [2.24, 2.45) is 4.99 Å². The minimum atomic E-state index is -0.0193. The highest BCUT2D eigenvalue weighted by Crippen LogP contribution is 2.17. The van der Waals surface area contributed by atoms with Gasteiger partial charge in [0.05, 0.1) is 18.8 Å². The van der Waals surface area contributed by atoms with E-state index in [9.17, 15) is 0 Å². The molecule has 1 saturated heterocycles. The molecule has 0 aromatic rings. The predicted octanol–water partition coefficient (Wildman–Crippen LogP) is 2.21. The second-order valence-corrected chi connectivity index (χ2v) is 6.77. The van der Waals surface area contributed by atoms with Crippen LogP contribution in [0.3, 0.4) is 0 Å². The van der Waals surface area contributed by atoms with Crippen LogP contribution in [0.25, 0.3) is 0 Å². The average Bonchev–Trinajstić information content (AvgIpc) is 2.91. The highest BCUT2D eigenvalue weighted by molar-refractivity contribution is 14.0. The summed E-state index contributed by atoms with van der Waals surface area (Å²) in [6.45, 7) is 12.1. The molecule has 5 nitrogen and oxygen atoms in total. The second-order valence-electron chi connectivity index (χ2n) is 6.77. The molecular weight excluding hydrogens is 391 g/mol. The van der Waals surface area contributed by atoms with Crippen LogP contribution >= 0.6 is 24.0 Å². The van der Waals surface area contributed by atoms with Gasteiger partial charge in [-0.1, -0.05) is 12.8 Å². The molecule has 2 N–H and O–H groups in total. The summed E-state index contributed by atoms with van der Waals surface area (Å²) < 4.78 is 5.75. The van der Waals surface area contributed by atoms with Crippen LogP contribution in [0.4, 0.5) is 0 Å². The summed E-state index contributed by atoms with van der Waals surface area (Å²) in [6, 6.07) is 0.616. The average molecular weight is 424 g/mol. The van der Waals surface area contributed by atoms with Crippen molar-refractivity contribution in [3.8, 4) is 0 Å². The van der Waals surface area contributed by atoms with Crippen molar-refractivity contribution in [3.05, 3.63) is 0 Å². The lowest BCUT2D eigenvalue weighted by atomic mass is 10.1. The monoisotopic (exact) mass is 424 g/mol. The van der Waals surface area contributed by atoms with Crippen molar-refractivity contribution in [2.45, 2.75) is 58.1 Å². The van der Waals surface area contributed by atoms with Crippen molar-refractivity contribution in [3.63, 3.8) is 0 Å². The van der Waals surface area contributed by atoms with E-state index in [-0.39, 0.29) is 29.6 Å². The highest BCUT2D eigenvalue weighted by atomic mass is 127. The van der Waals surface area contributed by atoms with Gasteiger partial charge in [0.25, 0.3) is 0 Å². The number of nitrogens with one attached hydrogen (secondary N) is 2. The van der Waals surface area contributed by atoms with E-state index >= 15 is 0 Å². The Morgan fingerprint density at radius 3 is 2.68 bits per heavy atom. The topological polar surface area (TPSA) is 48.9 Å². The molecule has 0 aromatic carbocycles. The molecule has 0 unspecified atom stereocenters. The van der Waals surface area contributed by atoms with E-state index < -0.39 is 0 Å². The molecule has 1 heterocycles.